The van der Waals surface area contributed by atoms with E-state index in [4.69, 9.17) is 0 Å². The van der Waals surface area contributed by atoms with Crippen LogP contribution in [-0.4, -0.2) is 25.9 Å². The number of halogens is 2. The van der Waals surface area contributed by atoms with E-state index in [1.54, 1.807) is 0 Å². The zero-order valence-electron chi connectivity index (χ0n) is 15.6. The van der Waals surface area contributed by atoms with Crippen LogP contribution in [0.25, 0.3) is 0 Å². The number of rotatable bonds is 8. The maximum atomic E-state index is 13.2. The molecule has 0 bridgehead atoms. The number of benzene rings is 2. The van der Waals surface area contributed by atoms with Crippen molar-refractivity contribution in [2.75, 3.05) is 16.6 Å². The van der Waals surface area contributed by atoms with Crippen LogP contribution in [0.3, 0.4) is 0 Å². The van der Waals surface area contributed by atoms with Crippen molar-refractivity contribution in [1.82, 2.24) is 10.3 Å². The first-order valence-corrected chi connectivity index (χ1v) is 10.3. The van der Waals surface area contributed by atoms with Gasteiger partial charge in [-0.05, 0) is 29.8 Å². The maximum absolute atomic E-state index is 13.2. The molecule has 0 saturated carbocycles. The average Bonchev–Trinajstić information content (AvgIpc) is 2.74. The number of carbonyl (C=O) groups excluding carboxylic acids is 1. The van der Waals surface area contributed by atoms with Crippen molar-refractivity contribution in [3.05, 3.63) is 84.1 Å². The van der Waals surface area contributed by atoms with E-state index in [1.807, 2.05) is 30.3 Å². The van der Waals surface area contributed by atoms with Crippen molar-refractivity contribution in [2.24, 2.45) is 0 Å². The predicted octanol–water partition coefficient (Wildman–Crippen LogP) is 2.89. The normalized spacial score (nSPS) is 11.0. The molecule has 2 aromatic carbocycles. The highest BCUT2D eigenvalue weighted by atomic mass is 32.2. The van der Waals surface area contributed by atoms with E-state index in [-0.39, 0.29) is 23.0 Å². The van der Waals surface area contributed by atoms with Gasteiger partial charge in [-0.1, -0.05) is 30.3 Å². The zero-order valence-corrected chi connectivity index (χ0v) is 16.4. The number of nitrogens with one attached hydrogen (secondary N) is 3. The fourth-order valence-corrected chi connectivity index (χ4v) is 3.44. The summed E-state index contributed by atoms with van der Waals surface area (Å²) in [5, 5.41) is 5.54. The molecule has 10 heteroatoms. The zero-order chi connectivity index (χ0) is 21.6. The Morgan fingerprint density at radius 3 is 2.40 bits per heavy atom. The van der Waals surface area contributed by atoms with E-state index < -0.39 is 21.7 Å². The van der Waals surface area contributed by atoms with Gasteiger partial charge in [0.15, 0.2) is 11.6 Å². The molecule has 156 valence electrons. The van der Waals surface area contributed by atoms with Gasteiger partial charge in [0.05, 0.1) is 12.2 Å². The molecule has 0 aliphatic carbocycles. The van der Waals surface area contributed by atoms with Gasteiger partial charge in [-0.3, -0.25) is 9.52 Å². The second-order valence-corrected chi connectivity index (χ2v) is 7.91. The topological polar surface area (TPSA) is 100 Å². The summed E-state index contributed by atoms with van der Waals surface area (Å²) in [5.41, 5.74) is 0.846. The minimum absolute atomic E-state index is 0.0426. The number of nitrogens with zero attached hydrogens (tertiary/aromatic N) is 1. The van der Waals surface area contributed by atoms with Crippen LogP contribution in [0.15, 0.2) is 71.8 Å². The summed E-state index contributed by atoms with van der Waals surface area (Å²) in [4.78, 5) is 15.7. The van der Waals surface area contributed by atoms with Crippen molar-refractivity contribution in [3.63, 3.8) is 0 Å². The molecule has 0 unspecified atom stereocenters. The summed E-state index contributed by atoms with van der Waals surface area (Å²) in [6.45, 7) is 0.348. The molecule has 3 N–H and O–H groups in total. The predicted molar refractivity (Wildman–Crippen MR) is 108 cm³/mol. The number of carbonyl (C=O) groups is 1. The number of sulfonamides is 1. The van der Waals surface area contributed by atoms with Crippen LogP contribution < -0.4 is 15.4 Å². The lowest BCUT2D eigenvalue weighted by Crippen LogP contribution is -2.29. The standard InChI is InChI=1S/C20H18F2N4O3S/c21-17-8-6-15(10-18(17)22)26-30(28,29)16-7-9-19(23-12-16)24-13-20(27)25-11-14-4-2-1-3-5-14/h1-10,12,26H,11,13H2,(H,23,24)(H,25,27). The summed E-state index contributed by atoms with van der Waals surface area (Å²) in [7, 11) is -4.04. The van der Waals surface area contributed by atoms with E-state index >= 15 is 0 Å². The van der Waals surface area contributed by atoms with Crippen LogP contribution in [0.1, 0.15) is 5.56 Å². The Balaban J connectivity index is 1.54. The summed E-state index contributed by atoms with van der Waals surface area (Å²) in [6.07, 6.45) is 1.09. The number of amides is 1. The van der Waals surface area contributed by atoms with Gasteiger partial charge in [-0.15, -0.1) is 0 Å². The van der Waals surface area contributed by atoms with E-state index in [9.17, 15) is 22.0 Å². The smallest absolute Gasteiger partial charge is 0.263 e. The van der Waals surface area contributed by atoms with Crippen molar-refractivity contribution in [3.8, 4) is 0 Å². The molecule has 0 aliphatic heterocycles. The maximum Gasteiger partial charge on any atom is 0.263 e. The molecular weight excluding hydrogens is 414 g/mol. The first-order chi connectivity index (χ1) is 14.3. The Kier molecular flexibility index (Phi) is 6.58. The Bertz CT molecular complexity index is 1120. The Morgan fingerprint density at radius 1 is 0.967 bits per heavy atom. The van der Waals surface area contributed by atoms with Gasteiger partial charge < -0.3 is 10.6 Å². The third-order valence-electron chi connectivity index (χ3n) is 3.98. The highest BCUT2D eigenvalue weighted by Crippen LogP contribution is 2.18. The number of hydrogen-bond donors (Lipinski definition) is 3. The molecule has 3 aromatic rings. The van der Waals surface area contributed by atoms with Crippen molar-refractivity contribution in [2.45, 2.75) is 11.4 Å². The van der Waals surface area contributed by atoms with E-state index in [1.165, 1.54) is 12.1 Å². The highest BCUT2D eigenvalue weighted by molar-refractivity contribution is 7.92. The minimum Gasteiger partial charge on any atom is -0.361 e. The lowest BCUT2D eigenvalue weighted by Gasteiger charge is -2.10. The molecule has 1 heterocycles. The lowest BCUT2D eigenvalue weighted by molar-refractivity contribution is -0.119. The molecule has 0 atom stereocenters. The molecule has 1 aromatic heterocycles. The van der Waals surface area contributed by atoms with Crippen LogP contribution in [0, 0.1) is 11.6 Å². The van der Waals surface area contributed by atoms with Gasteiger partial charge in [0.25, 0.3) is 10.0 Å². The van der Waals surface area contributed by atoms with E-state index in [0.717, 1.165) is 30.0 Å². The SMILES string of the molecule is O=C(CNc1ccc(S(=O)(=O)Nc2ccc(F)c(F)c2)cn1)NCc1ccccc1. The molecule has 0 spiro atoms. The Hall–Kier alpha value is -3.53. The Morgan fingerprint density at radius 2 is 1.73 bits per heavy atom. The summed E-state index contributed by atoms with van der Waals surface area (Å²) < 4.78 is 53.0. The Labute approximate surface area is 172 Å². The number of hydrogen-bond acceptors (Lipinski definition) is 5. The van der Waals surface area contributed by atoms with Gasteiger partial charge in [0.1, 0.15) is 10.7 Å². The molecule has 7 nitrogen and oxygen atoms in total. The average molecular weight is 432 g/mol. The first kappa shape index (κ1) is 21.2. The fourth-order valence-electron chi connectivity index (χ4n) is 2.45. The molecule has 0 fully saturated rings. The third-order valence-corrected chi connectivity index (χ3v) is 5.35. The summed E-state index contributed by atoms with van der Waals surface area (Å²) in [5.74, 6) is -2.20. The van der Waals surface area contributed by atoms with Gasteiger partial charge in [0, 0.05) is 18.8 Å². The van der Waals surface area contributed by atoms with Crippen LogP contribution >= 0.6 is 0 Å². The minimum atomic E-state index is -4.04. The van der Waals surface area contributed by atoms with E-state index in [2.05, 4.69) is 20.3 Å². The quantitative estimate of drug-likeness (QED) is 0.508. The number of anilines is 2. The van der Waals surface area contributed by atoms with Crippen molar-refractivity contribution >= 4 is 27.4 Å². The van der Waals surface area contributed by atoms with Crippen LogP contribution in [0.4, 0.5) is 20.3 Å². The van der Waals surface area contributed by atoms with Gasteiger partial charge in [0.2, 0.25) is 5.91 Å². The van der Waals surface area contributed by atoms with Crippen LogP contribution in [0.5, 0.6) is 0 Å². The summed E-state index contributed by atoms with van der Waals surface area (Å²) in [6, 6.07) is 14.8. The number of aromatic nitrogens is 1. The molecule has 0 saturated heterocycles. The van der Waals surface area contributed by atoms with Gasteiger partial charge >= 0.3 is 0 Å². The fraction of sp³-hybridized carbons (Fsp3) is 0.100. The van der Waals surface area contributed by atoms with Crippen molar-refractivity contribution in [1.29, 1.82) is 0 Å². The third kappa shape index (κ3) is 5.74. The second kappa shape index (κ2) is 9.31. The van der Waals surface area contributed by atoms with Crippen LogP contribution in [0.2, 0.25) is 0 Å². The largest absolute Gasteiger partial charge is 0.361 e. The molecular formula is C20H18F2N4O3S. The molecule has 0 aliphatic rings. The number of pyridine rings is 1. The monoisotopic (exact) mass is 432 g/mol. The summed E-state index contributed by atoms with van der Waals surface area (Å²) >= 11 is 0. The second-order valence-electron chi connectivity index (χ2n) is 6.23. The molecule has 1 amide bonds. The molecule has 0 radical (unpaired) electrons. The first-order valence-electron chi connectivity index (χ1n) is 8.82. The van der Waals surface area contributed by atoms with Crippen LogP contribution in [-0.2, 0) is 21.4 Å². The van der Waals surface area contributed by atoms with E-state index in [0.29, 0.717) is 12.4 Å². The molecule has 3 rings (SSSR count). The van der Waals surface area contributed by atoms with Gasteiger partial charge in [-0.25, -0.2) is 22.2 Å². The van der Waals surface area contributed by atoms with Crippen molar-refractivity contribution < 1.29 is 22.0 Å². The van der Waals surface area contributed by atoms with Gasteiger partial charge in [-0.2, -0.15) is 0 Å². The molecule has 30 heavy (non-hydrogen) atoms. The highest BCUT2D eigenvalue weighted by Gasteiger charge is 2.16. The lowest BCUT2D eigenvalue weighted by atomic mass is 10.2.